The molecule has 0 saturated carbocycles. The molecule has 0 aliphatic heterocycles. The monoisotopic (exact) mass is 368 g/mol. The molecule has 1 amide bonds. The molecule has 0 heterocycles. The van der Waals surface area contributed by atoms with Gasteiger partial charge in [-0.25, -0.2) is 4.79 Å². The van der Waals surface area contributed by atoms with Gasteiger partial charge in [0.2, 0.25) is 0 Å². The number of hydrogen-bond donors (Lipinski definition) is 1. The summed E-state index contributed by atoms with van der Waals surface area (Å²) in [5.41, 5.74) is 1.52. The maximum Gasteiger partial charge on any atom is 0.407 e. The molecule has 0 aliphatic carbocycles. The predicted octanol–water partition coefficient (Wildman–Crippen LogP) is 3.25. The molecule has 6 heteroatoms. The third kappa shape index (κ3) is 7.64. The van der Waals surface area contributed by atoms with E-state index in [1.165, 1.54) is 6.08 Å². The minimum Gasteiger partial charge on any atom is -0.492 e. The predicted molar refractivity (Wildman–Crippen MR) is 104 cm³/mol. The molecular formula is C21H24N2O4. The molecule has 2 aromatic carbocycles. The van der Waals surface area contributed by atoms with Crippen LogP contribution in [0, 0.1) is 0 Å². The Labute approximate surface area is 159 Å². The highest BCUT2D eigenvalue weighted by molar-refractivity contribution is 6.04. The summed E-state index contributed by atoms with van der Waals surface area (Å²) in [6.07, 6.45) is 2.73. The highest BCUT2D eigenvalue weighted by Gasteiger charge is 2.04. The van der Waals surface area contributed by atoms with E-state index in [1.54, 1.807) is 35.4 Å². The molecule has 2 aromatic rings. The molecule has 2 rings (SSSR count). The second-order valence-electron chi connectivity index (χ2n) is 6.00. The number of rotatable bonds is 9. The summed E-state index contributed by atoms with van der Waals surface area (Å²) in [6.45, 7) is 0.847. The Morgan fingerprint density at radius 1 is 1.04 bits per heavy atom. The van der Waals surface area contributed by atoms with Crippen LogP contribution in [0.15, 0.2) is 66.9 Å². The van der Waals surface area contributed by atoms with Crippen molar-refractivity contribution in [3.8, 4) is 5.75 Å². The summed E-state index contributed by atoms with van der Waals surface area (Å²) in [7, 11) is 3.71. The maximum absolute atomic E-state index is 11.9. The molecule has 0 fully saturated rings. The van der Waals surface area contributed by atoms with Gasteiger partial charge < -0.3 is 19.7 Å². The molecular weight excluding hydrogens is 344 g/mol. The summed E-state index contributed by atoms with van der Waals surface area (Å²) in [6, 6.07) is 16.3. The van der Waals surface area contributed by atoms with Crippen molar-refractivity contribution in [3.63, 3.8) is 0 Å². The average molecular weight is 368 g/mol. The lowest BCUT2D eigenvalue weighted by atomic mass is 10.1. The van der Waals surface area contributed by atoms with Gasteiger partial charge in [0.1, 0.15) is 19.0 Å². The van der Waals surface area contributed by atoms with Crippen molar-refractivity contribution in [1.82, 2.24) is 10.2 Å². The largest absolute Gasteiger partial charge is 0.492 e. The highest BCUT2D eigenvalue weighted by atomic mass is 16.5. The van der Waals surface area contributed by atoms with Gasteiger partial charge in [-0.05, 0) is 29.8 Å². The first-order valence-electron chi connectivity index (χ1n) is 8.61. The van der Waals surface area contributed by atoms with Gasteiger partial charge in [-0.2, -0.15) is 0 Å². The lowest BCUT2D eigenvalue weighted by molar-refractivity contribution is 0.104. The number of nitrogens with zero attached hydrogens (tertiary/aromatic N) is 1. The Kier molecular flexibility index (Phi) is 7.91. The Morgan fingerprint density at radius 2 is 1.74 bits per heavy atom. The van der Waals surface area contributed by atoms with E-state index in [2.05, 4.69) is 5.32 Å². The van der Waals surface area contributed by atoms with E-state index in [0.29, 0.717) is 24.5 Å². The third-order valence-corrected chi connectivity index (χ3v) is 3.52. The van der Waals surface area contributed by atoms with Crippen molar-refractivity contribution in [2.24, 2.45) is 0 Å². The van der Waals surface area contributed by atoms with Gasteiger partial charge in [0.05, 0.1) is 6.54 Å². The lowest BCUT2D eigenvalue weighted by Gasteiger charge is -2.09. The normalized spacial score (nSPS) is 10.4. The fourth-order valence-corrected chi connectivity index (χ4v) is 2.12. The van der Waals surface area contributed by atoms with E-state index in [4.69, 9.17) is 9.47 Å². The number of carbonyl (C=O) groups is 2. The standard InChI is InChI=1S/C21H24N2O4/c1-23(2)14-12-20(24)18-8-10-19(11-9-18)26-15-13-22-21(25)27-16-17-6-4-3-5-7-17/h3-12,14H,13,15-16H2,1-2H3,(H,22,25)/b14-12+. The van der Waals surface area contributed by atoms with Crippen LogP contribution in [0.5, 0.6) is 5.75 Å². The Balaban J connectivity index is 1.66. The first kappa shape index (κ1) is 20.0. The number of allylic oxidation sites excluding steroid dienone is 1. The number of ketones is 1. The zero-order valence-corrected chi connectivity index (χ0v) is 15.6. The van der Waals surface area contributed by atoms with Crippen LogP contribution >= 0.6 is 0 Å². The molecule has 0 aliphatic rings. The molecule has 0 aromatic heterocycles. The molecule has 6 nitrogen and oxygen atoms in total. The van der Waals surface area contributed by atoms with E-state index in [0.717, 1.165) is 5.56 Å². The zero-order chi connectivity index (χ0) is 19.5. The van der Waals surface area contributed by atoms with Crippen molar-refractivity contribution in [2.45, 2.75) is 6.61 Å². The summed E-state index contributed by atoms with van der Waals surface area (Å²) < 4.78 is 10.7. The molecule has 1 N–H and O–H groups in total. The fraction of sp³-hybridized carbons (Fsp3) is 0.238. The fourth-order valence-electron chi connectivity index (χ4n) is 2.12. The SMILES string of the molecule is CN(C)/C=C/C(=O)c1ccc(OCCNC(=O)OCc2ccccc2)cc1. The number of hydrogen-bond acceptors (Lipinski definition) is 5. The molecule has 0 saturated heterocycles. The number of amides is 1. The molecule has 0 unspecified atom stereocenters. The molecule has 0 spiro atoms. The van der Waals surface area contributed by atoms with E-state index < -0.39 is 6.09 Å². The van der Waals surface area contributed by atoms with Crippen molar-refractivity contribution < 1.29 is 19.1 Å². The number of carbonyl (C=O) groups excluding carboxylic acids is 2. The quantitative estimate of drug-likeness (QED) is 0.418. The first-order valence-corrected chi connectivity index (χ1v) is 8.61. The van der Waals surface area contributed by atoms with Gasteiger partial charge >= 0.3 is 6.09 Å². The van der Waals surface area contributed by atoms with Crippen molar-refractivity contribution in [1.29, 1.82) is 0 Å². The van der Waals surface area contributed by atoms with Crippen LogP contribution in [0.1, 0.15) is 15.9 Å². The smallest absolute Gasteiger partial charge is 0.407 e. The van der Waals surface area contributed by atoms with Gasteiger partial charge in [0, 0.05) is 31.9 Å². The van der Waals surface area contributed by atoms with E-state index >= 15 is 0 Å². The van der Waals surface area contributed by atoms with Crippen LogP contribution in [0.3, 0.4) is 0 Å². The van der Waals surface area contributed by atoms with E-state index in [9.17, 15) is 9.59 Å². The lowest BCUT2D eigenvalue weighted by Crippen LogP contribution is -2.28. The zero-order valence-electron chi connectivity index (χ0n) is 15.6. The minimum atomic E-state index is -0.490. The van der Waals surface area contributed by atoms with Crippen LogP contribution in [-0.2, 0) is 11.3 Å². The Morgan fingerprint density at radius 3 is 2.41 bits per heavy atom. The van der Waals surface area contributed by atoms with Gasteiger partial charge in [0.25, 0.3) is 0 Å². The number of ether oxygens (including phenoxy) is 2. The molecule has 0 atom stereocenters. The van der Waals surface area contributed by atoms with Crippen LogP contribution in [0.2, 0.25) is 0 Å². The minimum absolute atomic E-state index is 0.0712. The maximum atomic E-state index is 11.9. The van der Waals surface area contributed by atoms with Gasteiger partial charge in [-0.15, -0.1) is 0 Å². The molecule has 0 bridgehead atoms. The van der Waals surface area contributed by atoms with Crippen molar-refractivity contribution in [2.75, 3.05) is 27.2 Å². The summed E-state index contributed by atoms with van der Waals surface area (Å²) in [5.74, 6) is 0.556. The Hall–Kier alpha value is -3.28. The number of benzene rings is 2. The molecule has 0 radical (unpaired) electrons. The molecule has 142 valence electrons. The molecule has 27 heavy (non-hydrogen) atoms. The Bertz CT molecular complexity index is 756. The average Bonchev–Trinajstić information content (AvgIpc) is 2.69. The van der Waals surface area contributed by atoms with Crippen LogP contribution in [0.4, 0.5) is 4.79 Å². The van der Waals surface area contributed by atoms with Gasteiger partial charge in [-0.1, -0.05) is 30.3 Å². The topological polar surface area (TPSA) is 67.9 Å². The van der Waals surface area contributed by atoms with Crippen molar-refractivity contribution in [3.05, 3.63) is 78.0 Å². The highest BCUT2D eigenvalue weighted by Crippen LogP contribution is 2.13. The number of nitrogens with one attached hydrogen (secondary N) is 1. The van der Waals surface area contributed by atoms with Crippen LogP contribution in [0.25, 0.3) is 0 Å². The van der Waals surface area contributed by atoms with E-state index in [1.807, 2.05) is 44.4 Å². The first-order chi connectivity index (χ1) is 13.0. The van der Waals surface area contributed by atoms with Crippen LogP contribution in [-0.4, -0.2) is 44.0 Å². The van der Waals surface area contributed by atoms with Crippen LogP contribution < -0.4 is 10.1 Å². The van der Waals surface area contributed by atoms with Crippen molar-refractivity contribution >= 4 is 11.9 Å². The van der Waals surface area contributed by atoms with Gasteiger partial charge in [0.15, 0.2) is 5.78 Å². The summed E-state index contributed by atoms with van der Waals surface area (Å²) >= 11 is 0. The van der Waals surface area contributed by atoms with E-state index in [-0.39, 0.29) is 12.4 Å². The number of alkyl carbamates (subject to hydrolysis) is 1. The van der Waals surface area contributed by atoms with Gasteiger partial charge in [-0.3, -0.25) is 4.79 Å². The third-order valence-electron chi connectivity index (χ3n) is 3.52. The second kappa shape index (κ2) is 10.7. The summed E-state index contributed by atoms with van der Waals surface area (Å²) in [4.78, 5) is 25.4. The second-order valence-corrected chi connectivity index (χ2v) is 6.00. The summed E-state index contributed by atoms with van der Waals surface area (Å²) in [5, 5.41) is 2.63.